The Kier molecular flexibility index (Phi) is 6.70. The van der Waals surface area contributed by atoms with E-state index in [2.05, 4.69) is 22.0 Å². The molecular weight excluding hydrogens is 420 g/mol. The van der Waals surface area contributed by atoms with Crippen LogP contribution < -0.4 is 4.74 Å². The lowest BCUT2D eigenvalue weighted by Gasteiger charge is -2.20. The second-order valence-corrected chi connectivity index (χ2v) is 7.63. The third-order valence-corrected chi connectivity index (χ3v) is 5.42. The number of aromatic hydroxyl groups is 1. The van der Waals surface area contributed by atoms with Gasteiger partial charge in [-0.15, -0.1) is 0 Å². The van der Waals surface area contributed by atoms with Crippen molar-refractivity contribution >= 4 is 33.4 Å². The van der Waals surface area contributed by atoms with Gasteiger partial charge in [0, 0.05) is 10.0 Å². The molecule has 0 heterocycles. The standard InChI is InChI=1S/C23H23BrO4/c1-28-20-13-17(14-25)21(16-5-3-2-4-6-16)23(27)22(20)19(26)12-9-15-7-10-18(24)11-8-15/h5,7-13,25,27H,2-4,6,14H2,1H3/b12-9+. The Morgan fingerprint density at radius 2 is 2.00 bits per heavy atom. The van der Waals surface area contributed by atoms with Crippen LogP contribution in [0.2, 0.25) is 0 Å². The van der Waals surface area contributed by atoms with E-state index in [1.54, 1.807) is 12.1 Å². The highest BCUT2D eigenvalue weighted by Gasteiger charge is 2.24. The Morgan fingerprint density at radius 3 is 2.61 bits per heavy atom. The quantitative estimate of drug-likeness (QED) is 0.457. The molecule has 0 atom stereocenters. The minimum absolute atomic E-state index is 0.120. The van der Waals surface area contributed by atoms with Crippen molar-refractivity contribution in [3.05, 3.63) is 69.2 Å². The summed E-state index contributed by atoms with van der Waals surface area (Å²) in [6.45, 7) is -0.236. The molecule has 4 nitrogen and oxygen atoms in total. The van der Waals surface area contributed by atoms with Crippen molar-refractivity contribution in [3.8, 4) is 11.5 Å². The van der Waals surface area contributed by atoms with Gasteiger partial charge in [0.15, 0.2) is 5.78 Å². The van der Waals surface area contributed by atoms with Crippen LogP contribution in [0.15, 0.2) is 47.0 Å². The first-order chi connectivity index (χ1) is 13.5. The van der Waals surface area contributed by atoms with Gasteiger partial charge in [0.05, 0.1) is 13.7 Å². The van der Waals surface area contributed by atoms with Crippen molar-refractivity contribution in [2.45, 2.75) is 32.3 Å². The van der Waals surface area contributed by atoms with Crippen LogP contribution in [0.25, 0.3) is 11.6 Å². The Bertz CT molecular complexity index is 927. The van der Waals surface area contributed by atoms with Crippen molar-refractivity contribution in [2.24, 2.45) is 0 Å². The Morgan fingerprint density at radius 1 is 1.25 bits per heavy atom. The monoisotopic (exact) mass is 442 g/mol. The minimum Gasteiger partial charge on any atom is -0.506 e. The van der Waals surface area contributed by atoms with Gasteiger partial charge in [-0.3, -0.25) is 4.79 Å². The van der Waals surface area contributed by atoms with Gasteiger partial charge in [0.1, 0.15) is 17.1 Å². The molecule has 0 unspecified atom stereocenters. The molecule has 0 radical (unpaired) electrons. The summed E-state index contributed by atoms with van der Waals surface area (Å²) in [4.78, 5) is 12.9. The predicted molar refractivity (Wildman–Crippen MR) is 115 cm³/mol. The number of hydrogen-bond acceptors (Lipinski definition) is 4. The number of carbonyl (C=O) groups excluding carboxylic acids is 1. The molecular formula is C23H23BrO4. The van der Waals surface area contributed by atoms with Gasteiger partial charge in [0.25, 0.3) is 0 Å². The molecule has 0 aromatic heterocycles. The number of benzene rings is 2. The molecule has 28 heavy (non-hydrogen) atoms. The zero-order valence-corrected chi connectivity index (χ0v) is 17.3. The van der Waals surface area contributed by atoms with Crippen LogP contribution in [0.3, 0.4) is 0 Å². The molecule has 0 saturated heterocycles. The third-order valence-electron chi connectivity index (χ3n) is 4.89. The number of aliphatic hydroxyl groups is 1. The van der Waals surface area contributed by atoms with E-state index in [0.717, 1.165) is 41.3 Å². The topological polar surface area (TPSA) is 66.8 Å². The number of phenols is 1. The number of allylic oxidation sites excluding steroid dienone is 3. The summed E-state index contributed by atoms with van der Waals surface area (Å²) in [6, 6.07) is 9.21. The molecule has 146 valence electrons. The zero-order valence-electron chi connectivity index (χ0n) is 15.7. The summed E-state index contributed by atoms with van der Waals surface area (Å²) in [6.07, 6.45) is 9.08. The van der Waals surface area contributed by atoms with Crippen molar-refractivity contribution in [3.63, 3.8) is 0 Å². The average Bonchev–Trinajstić information content (AvgIpc) is 2.72. The number of aliphatic hydroxyl groups excluding tert-OH is 1. The van der Waals surface area contributed by atoms with Gasteiger partial charge < -0.3 is 14.9 Å². The lowest BCUT2D eigenvalue weighted by atomic mass is 9.87. The fraction of sp³-hybridized carbons (Fsp3) is 0.261. The van der Waals surface area contributed by atoms with Crippen molar-refractivity contribution in [1.82, 2.24) is 0 Å². The number of ketones is 1. The molecule has 2 aromatic carbocycles. The van der Waals surface area contributed by atoms with E-state index in [9.17, 15) is 15.0 Å². The Balaban J connectivity index is 2.04. The second kappa shape index (κ2) is 9.22. The number of phenolic OH excluding ortho intramolecular Hbond substituents is 1. The molecule has 0 saturated carbocycles. The Labute approximate surface area is 173 Å². The fourth-order valence-electron chi connectivity index (χ4n) is 3.47. The summed E-state index contributed by atoms with van der Waals surface area (Å²) in [5, 5.41) is 20.8. The SMILES string of the molecule is COc1cc(CO)c(C2=CCCCC2)c(O)c1C(=O)/C=C/c1ccc(Br)cc1. The largest absolute Gasteiger partial charge is 0.506 e. The summed E-state index contributed by atoms with van der Waals surface area (Å²) < 4.78 is 6.31. The molecule has 1 aliphatic carbocycles. The lowest BCUT2D eigenvalue weighted by molar-refractivity contribution is 0.104. The van der Waals surface area contributed by atoms with Crippen LogP contribution in [0, 0.1) is 0 Å². The maximum absolute atomic E-state index is 12.9. The van der Waals surface area contributed by atoms with Gasteiger partial charge in [-0.1, -0.05) is 40.2 Å². The van der Waals surface area contributed by atoms with E-state index in [-0.39, 0.29) is 29.5 Å². The number of methoxy groups -OCH3 is 1. The zero-order chi connectivity index (χ0) is 20.1. The molecule has 0 fully saturated rings. The number of hydrogen-bond donors (Lipinski definition) is 2. The maximum Gasteiger partial charge on any atom is 0.193 e. The second-order valence-electron chi connectivity index (χ2n) is 6.72. The first kappa shape index (κ1) is 20.4. The highest BCUT2D eigenvalue weighted by Crippen LogP contribution is 2.41. The van der Waals surface area contributed by atoms with E-state index in [1.807, 2.05) is 24.3 Å². The highest BCUT2D eigenvalue weighted by molar-refractivity contribution is 9.10. The fourth-order valence-corrected chi connectivity index (χ4v) is 3.74. The summed E-state index contributed by atoms with van der Waals surface area (Å²) in [5.74, 6) is -0.214. The normalized spacial score (nSPS) is 14.2. The van der Waals surface area contributed by atoms with E-state index in [0.29, 0.717) is 11.1 Å². The Hall–Kier alpha value is -2.37. The van der Waals surface area contributed by atoms with Crippen molar-refractivity contribution < 1.29 is 19.7 Å². The highest BCUT2D eigenvalue weighted by atomic mass is 79.9. The van der Waals surface area contributed by atoms with Crippen LogP contribution in [-0.2, 0) is 6.61 Å². The third kappa shape index (κ3) is 4.37. The first-order valence-electron chi connectivity index (χ1n) is 9.26. The molecule has 5 heteroatoms. The van der Waals surface area contributed by atoms with Gasteiger partial charge in [-0.25, -0.2) is 0 Å². The number of rotatable bonds is 6. The van der Waals surface area contributed by atoms with E-state index in [4.69, 9.17) is 4.74 Å². The summed E-state index contributed by atoms with van der Waals surface area (Å²) in [7, 11) is 1.45. The van der Waals surface area contributed by atoms with Crippen LogP contribution >= 0.6 is 15.9 Å². The van der Waals surface area contributed by atoms with Gasteiger partial charge in [0.2, 0.25) is 0 Å². The van der Waals surface area contributed by atoms with Gasteiger partial charge in [-0.05, 0) is 66.7 Å². The lowest BCUT2D eigenvalue weighted by Crippen LogP contribution is -2.06. The summed E-state index contributed by atoms with van der Waals surface area (Å²) >= 11 is 3.38. The van der Waals surface area contributed by atoms with Gasteiger partial charge in [-0.2, -0.15) is 0 Å². The number of carbonyl (C=O) groups is 1. The van der Waals surface area contributed by atoms with Crippen LogP contribution in [-0.4, -0.2) is 23.1 Å². The van der Waals surface area contributed by atoms with Crippen LogP contribution in [0.5, 0.6) is 11.5 Å². The molecule has 3 rings (SSSR count). The van der Waals surface area contributed by atoms with Crippen LogP contribution in [0.4, 0.5) is 0 Å². The van der Waals surface area contributed by atoms with Gasteiger partial charge >= 0.3 is 0 Å². The molecule has 2 aromatic rings. The molecule has 0 amide bonds. The molecule has 2 N–H and O–H groups in total. The molecule has 1 aliphatic rings. The number of halogens is 1. The smallest absolute Gasteiger partial charge is 0.193 e. The molecule has 0 spiro atoms. The predicted octanol–water partition coefficient (Wildman–Crippen LogP) is 5.51. The van der Waals surface area contributed by atoms with Crippen molar-refractivity contribution in [2.75, 3.05) is 7.11 Å². The summed E-state index contributed by atoms with van der Waals surface area (Å²) in [5.41, 5.74) is 3.09. The van der Waals surface area contributed by atoms with Crippen molar-refractivity contribution in [1.29, 1.82) is 0 Å². The van der Waals surface area contributed by atoms with E-state index < -0.39 is 0 Å². The molecule has 0 bridgehead atoms. The van der Waals surface area contributed by atoms with E-state index in [1.165, 1.54) is 13.2 Å². The minimum atomic E-state index is -0.348. The van der Waals surface area contributed by atoms with Crippen LogP contribution in [0.1, 0.15) is 52.7 Å². The average molecular weight is 443 g/mol. The maximum atomic E-state index is 12.9. The first-order valence-corrected chi connectivity index (χ1v) is 10.1. The molecule has 0 aliphatic heterocycles. The number of ether oxygens (including phenoxy) is 1. The van der Waals surface area contributed by atoms with E-state index >= 15 is 0 Å².